The van der Waals surface area contributed by atoms with Gasteiger partial charge in [-0.15, -0.1) is 11.3 Å². The van der Waals surface area contributed by atoms with Crippen molar-refractivity contribution < 1.29 is 0 Å². The molecule has 84 valence electrons. The molecule has 0 spiro atoms. The fraction of sp³-hybridized carbons (Fsp3) is 0.250. The maximum Gasteiger partial charge on any atom is 0.0516 e. The average Bonchev–Trinajstić information content (AvgIpc) is 2.67. The van der Waals surface area contributed by atoms with Gasteiger partial charge in [0.15, 0.2) is 0 Å². The number of hydrogen-bond donors (Lipinski definition) is 1. The molecule has 0 saturated carbocycles. The molecule has 0 atom stereocenters. The third kappa shape index (κ3) is 3.30. The van der Waals surface area contributed by atoms with E-state index in [4.69, 9.17) is 11.6 Å². The van der Waals surface area contributed by atoms with Crippen LogP contribution in [0.2, 0.25) is 5.02 Å². The predicted molar refractivity (Wildman–Crippen MR) is 68.8 cm³/mol. The van der Waals surface area contributed by atoms with Gasteiger partial charge < -0.3 is 5.32 Å². The van der Waals surface area contributed by atoms with E-state index in [1.807, 2.05) is 30.6 Å². The Kier molecular flexibility index (Phi) is 3.93. The first-order valence-electron chi connectivity index (χ1n) is 5.09. The van der Waals surface area contributed by atoms with E-state index in [0.29, 0.717) is 0 Å². The van der Waals surface area contributed by atoms with Crippen LogP contribution in [0.25, 0.3) is 0 Å². The molecular weight excluding hydrogens is 240 g/mol. The lowest BCUT2D eigenvalue weighted by molar-refractivity contribution is 0.698. The zero-order valence-electron chi connectivity index (χ0n) is 9.03. The maximum atomic E-state index is 5.85. The molecule has 16 heavy (non-hydrogen) atoms. The third-order valence-electron chi connectivity index (χ3n) is 2.22. The normalized spacial score (nSPS) is 10.6. The molecule has 2 aromatic heterocycles. The SMILES string of the molecule is Cc1ccc(CNCc2cc(Cl)cs2)cn1. The van der Waals surface area contributed by atoms with Crippen LogP contribution < -0.4 is 5.32 Å². The lowest BCUT2D eigenvalue weighted by Crippen LogP contribution is -2.11. The predicted octanol–water partition coefficient (Wildman–Crippen LogP) is 3.39. The fourth-order valence-electron chi connectivity index (χ4n) is 1.38. The minimum Gasteiger partial charge on any atom is -0.308 e. The maximum absolute atomic E-state index is 5.85. The Morgan fingerprint density at radius 3 is 2.88 bits per heavy atom. The van der Waals surface area contributed by atoms with E-state index in [1.165, 1.54) is 10.4 Å². The van der Waals surface area contributed by atoms with Gasteiger partial charge in [0.2, 0.25) is 0 Å². The van der Waals surface area contributed by atoms with E-state index in [1.54, 1.807) is 11.3 Å². The molecule has 2 nitrogen and oxygen atoms in total. The number of nitrogens with zero attached hydrogens (tertiary/aromatic N) is 1. The minimum atomic E-state index is 0.818. The quantitative estimate of drug-likeness (QED) is 0.902. The highest BCUT2D eigenvalue weighted by atomic mass is 35.5. The van der Waals surface area contributed by atoms with Gasteiger partial charge in [0.25, 0.3) is 0 Å². The molecule has 2 heterocycles. The van der Waals surface area contributed by atoms with Crippen LogP contribution in [-0.2, 0) is 13.1 Å². The molecule has 2 rings (SSSR count). The number of pyridine rings is 1. The summed E-state index contributed by atoms with van der Waals surface area (Å²) in [6.07, 6.45) is 1.91. The zero-order valence-corrected chi connectivity index (χ0v) is 10.6. The lowest BCUT2D eigenvalue weighted by Gasteiger charge is -2.03. The summed E-state index contributed by atoms with van der Waals surface area (Å²) in [6, 6.07) is 6.11. The number of hydrogen-bond acceptors (Lipinski definition) is 3. The first-order chi connectivity index (χ1) is 7.74. The fourth-order valence-corrected chi connectivity index (χ4v) is 2.42. The van der Waals surface area contributed by atoms with Gasteiger partial charge in [-0.2, -0.15) is 0 Å². The Labute approximate surface area is 104 Å². The molecule has 0 amide bonds. The highest BCUT2D eigenvalue weighted by Crippen LogP contribution is 2.18. The van der Waals surface area contributed by atoms with Crippen molar-refractivity contribution in [3.63, 3.8) is 0 Å². The summed E-state index contributed by atoms with van der Waals surface area (Å²) >= 11 is 7.52. The van der Waals surface area contributed by atoms with Crippen molar-refractivity contribution in [3.8, 4) is 0 Å². The first-order valence-corrected chi connectivity index (χ1v) is 6.35. The zero-order chi connectivity index (χ0) is 11.4. The Bertz CT molecular complexity index is 450. The minimum absolute atomic E-state index is 0.818. The molecular formula is C12H13ClN2S. The highest BCUT2D eigenvalue weighted by molar-refractivity contribution is 7.10. The van der Waals surface area contributed by atoms with Crippen LogP contribution in [-0.4, -0.2) is 4.98 Å². The second kappa shape index (κ2) is 5.43. The molecule has 2 aromatic rings. The largest absolute Gasteiger partial charge is 0.308 e. The summed E-state index contributed by atoms with van der Waals surface area (Å²) in [5, 5.41) is 6.13. The van der Waals surface area contributed by atoms with Crippen LogP contribution in [0.5, 0.6) is 0 Å². The molecule has 0 unspecified atom stereocenters. The van der Waals surface area contributed by atoms with Crippen LogP contribution in [0.4, 0.5) is 0 Å². The van der Waals surface area contributed by atoms with Crippen molar-refractivity contribution in [2.45, 2.75) is 20.0 Å². The van der Waals surface area contributed by atoms with Gasteiger partial charge in [0, 0.05) is 35.2 Å². The number of aryl methyl sites for hydroxylation is 1. The topological polar surface area (TPSA) is 24.9 Å². The summed E-state index contributed by atoms with van der Waals surface area (Å²) in [5.74, 6) is 0. The number of rotatable bonds is 4. The van der Waals surface area contributed by atoms with Gasteiger partial charge in [0.05, 0.1) is 5.02 Å². The van der Waals surface area contributed by atoms with E-state index in [2.05, 4.69) is 16.4 Å². The van der Waals surface area contributed by atoms with Gasteiger partial charge in [-0.3, -0.25) is 4.98 Å². The average molecular weight is 253 g/mol. The molecule has 0 aliphatic carbocycles. The molecule has 1 N–H and O–H groups in total. The Balaban J connectivity index is 1.82. The van der Waals surface area contributed by atoms with Crippen LogP contribution in [0, 0.1) is 6.92 Å². The monoisotopic (exact) mass is 252 g/mol. The molecule has 0 saturated heterocycles. The van der Waals surface area contributed by atoms with Gasteiger partial charge in [-0.1, -0.05) is 17.7 Å². The third-order valence-corrected chi connectivity index (χ3v) is 3.51. The first kappa shape index (κ1) is 11.6. The second-order valence-electron chi connectivity index (χ2n) is 3.64. The number of thiophene rings is 1. The lowest BCUT2D eigenvalue weighted by atomic mass is 10.2. The highest BCUT2D eigenvalue weighted by Gasteiger charge is 1.98. The number of aromatic nitrogens is 1. The van der Waals surface area contributed by atoms with Crippen LogP contribution >= 0.6 is 22.9 Å². The van der Waals surface area contributed by atoms with Crippen molar-refractivity contribution in [2.75, 3.05) is 0 Å². The molecule has 0 bridgehead atoms. The Hall–Kier alpha value is -0.900. The summed E-state index contributed by atoms with van der Waals surface area (Å²) in [4.78, 5) is 5.51. The van der Waals surface area contributed by atoms with Crippen molar-refractivity contribution in [3.05, 3.63) is 50.9 Å². The summed E-state index contributed by atoms with van der Waals surface area (Å²) < 4.78 is 0. The Morgan fingerprint density at radius 1 is 1.38 bits per heavy atom. The van der Waals surface area contributed by atoms with Crippen molar-refractivity contribution in [2.24, 2.45) is 0 Å². The van der Waals surface area contributed by atoms with Crippen LogP contribution in [0.15, 0.2) is 29.8 Å². The van der Waals surface area contributed by atoms with Gasteiger partial charge >= 0.3 is 0 Å². The Morgan fingerprint density at radius 2 is 2.25 bits per heavy atom. The smallest absolute Gasteiger partial charge is 0.0516 e. The summed E-state index contributed by atoms with van der Waals surface area (Å²) in [7, 11) is 0. The van der Waals surface area contributed by atoms with Gasteiger partial charge in [0.1, 0.15) is 0 Å². The van der Waals surface area contributed by atoms with E-state index in [9.17, 15) is 0 Å². The van der Waals surface area contributed by atoms with E-state index >= 15 is 0 Å². The van der Waals surface area contributed by atoms with E-state index in [-0.39, 0.29) is 0 Å². The molecule has 4 heteroatoms. The molecule has 0 aromatic carbocycles. The van der Waals surface area contributed by atoms with Gasteiger partial charge in [-0.05, 0) is 24.6 Å². The number of nitrogens with one attached hydrogen (secondary N) is 1. The van der Waals surface area contributed by atoms with E-state index in [0.717, 1.165) is 23.8 Å². The van der Waals surface area contributed by atoms with Crippen molar-refractivity contribution in [1.29, 1.82) is 0 Å². The van der Waals surface area contributed by atoms with Crippen molar-refractivity contribution >= 4 is 22.9 Å². The summed E-state index contributed by atoms with van der Waals surface area (Å²) in [5.41, 5.74) is 2.25. The van der Waals surface area contributed by atoms with Crippen LogP contribution in [0.1, 0.15) is 16.1 Å². The molecule has 0 aliphatic heterocycles. The molecule has 0 fully saturated rings. The molecule has 0 radical (unpaired) electrons. The van der Waals surface area contributed by atoms with E-state index < -0.39 is 0 Å². The number of halogens is 1. The molecule has 0 aliphatic rings. The van der Waals surface area contributed by atoms with Gasteiger partial charge in [-0.25, -0.2) is 0 Å². The standard InChI is InChI=1S/C12H13ClN2S/c1-9-2-3-10(6-15-9)5-14-7-12-4-11(13)8-16-12/h2-4,6,8,14H,5,7H2,1H3. The van der Waals surface area contributed by atoms with Crippen molar-refractivity contribution in [1.82, 2.24) is 10.3 Å². The second-order valence-corrected chi connectivity index (χ2v) is 5.07. The van der Waals surface area contributed by atoms with Crippen LogP contribution in [0.3, 0.4) is 0 Å². The summed E-state index contributed by atoms with van der Waals surface area (Å²) in [6.45, 7) is 3.68.